The molecule has 2 aliphatic rings. The molecule has 0 radical (unpaired) electrons. The molecule has 18 heavy (non-hydrogen) atoms. The summed E-state index contributed by atoms with van der Waals surface area (Å²) in [6.45, 7) is 8.44. The Morgan fingerprint density at radius 2 is 2.17 bits per heavy atom. The summed E-state index contributed by atoms with van der Waals surface area (Å²) in [5, 5.41) is 3.53. The first kappa shape index (κ1) is 14.3. The fraction of sp³-hybridized carbons (Fsp3) is 1.00. The van der Waals surface area contributed by atoms with Crippen LogP contribution in [0.15, 0.2) is 0 Å². The van der Waals surface area contributed by atoms with E-state index in [4.69, 9.17) is 9.47 Å². The van der Waals surface area contributed by atoms with Crippen molar-refractivity contribution in [2.75, 3.05) is 26.3 Å². The van der Waals surface area contributed by atoms with Crippen LogP contribution in [0.25, 0.3) is 0 Å². The molecule has 1 aliphatic carbocycles. The highest BCUT2D eigenvalue weighted by Gasteiger charge is 2.38. The fourth-order valence-corrected chi connectivity index (χ4v) is 2.79. The average Bonchev–Trinajstić information content (AvgIpc) is 2.78. The molecule has 2 fully saturated rings. The zero-order chi connectivity index (χ0) is 12.8. The maximum atomic E-state index is 6.19. The van der Waals surface area contributed by atoms with Crippen molar-refractivity contribution >= 4 is 0 Å². The molecule has 0 amide bonds. The lowest BCUT2D eigenvalue weighted by molar-refractivity contribution is -0.129. The third-order valence-electron chi connectivity index (χ3n) is 4.17. The monoisotopic (exact) mass is 255 g/mol. The van der Waals surface area contributed by atoms with E-state index in [0.717, 1.165) is 38.6 Å². The minimum absolute atomic E-state index is 0.177. The summed E-state index contributed by atoms with van der Waals surface area (Å²) >= 11 is 0. The van der Waals surface area contributed by atoms with Crippen LogP contribution in [0.4, 0.5) is 0 Å². The number of hydrogen-bond acceptors (Lipinski definition) is 3. The molecule has 1 saturated carbocycles. The van der Waals surface area contributed by atoms with Crippen molar-refractivity contribution in [3.63, 3.8) is 0 Å². The van der Waals surface area contributed by atoms with E-state index in [1.165, 1.54) is 32.1 Å². The molecule has 3 heteroatoms. The standard InChI is InChI=1S/C15H29NO2/c1-13(2)11-16-9-8-15(6-4-7-15)18-12-14-5-3-10-17-14/h13-14,16H,3-12H2,1-2H3. The van der Waals surface area contributed by atoms with Gasteiger partial charge in [0.05, 0.1) is 18.3 Å². The van der Waals surface area contributed by atoms with E-state index in [0.29, 0.717) is 6.10 Å². The van der Waals surface area contributed by atoms with Crippen molar-refractivity contribution in [3.8, 4) is 0 Å². The highest BCUT2D eigenvalue weighted by Crippen LogP contribution is 2.38. The molecule has 0 aromatic heterocycles. The Kier molecular flexibility index (Phi) is 5.46. The van der Waals surface area contributed by atoms with E-state index < -0.39 is 0 Å². The number of nitrogens with one attached hydrogen (secondary N) is 1. The molecule has 0 bridgehead atoms. The van der Waals surface area contributed by atoms with Crippen LogP contribution in [-0.2, 0) is 9.47 Å². The second kappa shape index (κ2) is 6.88. The number of ether oxygens (including phenoxy) is 2. The van der Waals surface area contributed by atoms with Crippen molar-refractivity contribution in [2.24, 2.45) is 5.92 Å². The van der Waals surface area contributed by atoms with E-state index in [1.54, 1.807) is 0 Å². The first-order valence-electron chi connectivity index (χ1n) is 7.66. The van der Waals surface area contributed by atoms with Crippen molar-refractivity contribution in [1.82, 2.24) is 5.32 Å². The van der Waals surface area contributed by atoms with Crippen LogP contribution in [0.2, 0.25) is 0 Å². The second-order valence-corrected chi connectivity index (χ2v) is 6.33. The Morgan fingerprint density at radius 3 is 2.72 bits per heavy atom. The van der Waals surface area contributed by atoms with E-state index in [9.17, 15) is 0 Å². The number of hydrogen-bond donors (Lipinski definition) is 1. The summed E-state index contributed by atoms with van der Waals surface area (Å²) in [5.74, 6) is 0.732. The lowest BCUT2D eigenvalue weighted by Gasteiger charge is -2.42. The first-order chi connectivity index (χ1) is 8.70. The molecular weight excluding hydrogens is 226 g/mol. The molecule has 2 rings (SSSR count). The Bertz CT molecular complexity index is 233. The largest absolute Gasteiger partial charge is 0.376 e. The lowest BCUT2D eigenvalue weighted by Crippen LogP contribution is -2.44. The van der Waals surface area contributed by atoms with Gasteiger partial charge in [-0.05, 0) is 57.5 Å². The molecule has 1 N–H and O–H groups in total. The Morgan fingerprint density at radius 1 is 1.33 bits per heavy atom. The van der Waals surface area contributed by atoms with Crippen molar-refractivity contribution in [1.29, 1.82) is 0 Å². The quantitative estimate of drug-likeness (QED) is 0.677. The van der Waals surface area contributed by atoms with Crippen LogP contribution in [0.1, 0.15) is 52.4 Å². The molecule has 1 unspecified atom stereocenters. The van der Waals surface area contributed by atoms with Crippen LogP contribution in [0.5, 0.6) is 0 Å². The third-order valence-corrected chi connectivity index (χ3v) is 4.17. The SMILES string of the molecule is CC(C)CNCCC1(OCC2CCCO2)CCC1. The smallest absolute Gasteiger partial charge is 0.0809 e. The van der Waals surface area contributed by atoms with Crippen LogP contribution >= 0.6 is 0 Å². The molecule has 0 spiro atoms. The van der Waals surface area contributed by atoms with E-state index in [2.05, 4.69) is 19.2 Å². The van der Waals surface area contributed by atoms with Crippen molar-refractivity contribution in [2.45, 2.75) is 64.1 Å². The second-order valence-electron chi connectivity index (χ2n) is 6.33. The van der Waals surface area contributed by atoms with Gasteiger partial charge in [-0.25, -0.2) is 0 Å². The normalized spacial score (nSPS) is 26.5. The minimum atomic E-state index is 0.177. The van der Waals surface area contributed by atoms with Gasteiger partial charge in [-0.3, -0.25) is 0 Å². The fourth-order valence-electron chi connectivity index (χ4n) is 2.79. The summed E-state index contributed by atoms with van der Waals surface area (Å²) in [6, 6.07) is 0. The summed E-state index contributed by atoms with van der Waals surface area (Å²) in [7, 11) is 0. The third kappa shape index (κ3) is 4.22. The van der Waals surface area contributed by atoms with Gasteiger partial charge in [0.25, 0.3) is 0 Å². The maximum absolute atomic E-state index is 6.19. The van der Waals surface area contributed by atoms with Gasteiger partial charge >= 0.3 is 0 Å². The molecule has 0 aromatic rings. The summed E-state index contributed by atoms with van der Waals surface area (Å²) < 4.78 is 11.8. The average molecular weight is 255 g/mol. The van der Waals surface area contributed by atoms with E-state index in [1.807, 2.05) is 0 Å². The molecule has 1 heterocycles. The summed E-state index contributed by atoms with van der Waals surface area (Å²) in [4.78, 5) is 0. The minimum Gasteiger partial charge on any atom is -0.376 e. The molecule has 3 nitrogen and oxygen atoms in total. The highest BCUT2D eigenvalue weighted by molar-refractivity contribution is 4.90. The molecule has 1 aliphatic heterocycles. The van der Waals surface area contributed by atoms with Gasteiger partial charge in [0.1, 0.15) is 0 Å². The summed E-state index contributed by atoms with van der Waals surface area (Å²) in [6.07, 6.45) is 7.72. The zero-order valence-electron chi connectivity index (χ0n) is 12.0. The number of rotatable bonds is 8. The van der Waals surface area contributed by atoms with Crippen molar-refractivity contribution in [3.05, 3.63) is 0 Å². The van der Waals surface area contributed by atoms with E-state index >= 15 is 0 Å². The van der Waals surface area contributed by atoms with Crippen LogP contribution in [0, 0.1) is 5.92 Å². The van der Waals surface area contributed by atoms with Gasteiger partial charge in [-0.2, -0.15) is 0 Å². The lowest BCUT2D eigenvalue weighted by atomic mass is 9.77. The van der Waals surface area contributed by atoms with Gasteiger partial charge < -0.3 is 14.8 Å². The topological polar surface area (TPSA) is 30.5 Å². The van der Waals surface area contributed by atoms with Crippen LogP contribution < -0.4 is 5.32 Å². The van der Waals surface area contributed by atoms with Gasteiger partial charge in [0, 0.05) is 6.61 Å². The molecular formula is C15H29NO2. The predicted octanol–water partition coefficient (Wildman–Crippen LogP) is 2.74. The van der Waals surface area contributed by atoms with Crippen LogP contribution in [-0.4, -0.2) is 38.0 Å². The molecule has 106 valence electrons. The Hall–Kier alpha value is -0.120. The Labute approximate surface area is 112 Å². The zero-order valence-corrected chi connectivity index (χ0v) is 12.0. The van der Waals surface area contributed by atoms with E-state index in [-0.39, 0.29) is 5.60 Å². The molecule has 1 saturated heterocycles. The van der Waals surface area contributed by atoms with Gasteiger partial charge in [0.15, 0.2) is 0 Å². The van der Waals surface area contributed by atoms with Gasteiger partial charge in [-0.1, -0.05) is 13.8 Å². The van der Waals surface area contributed by atoms with Gasteiger partial charge in [-0.15, -0.1) is 0 Å². The van der Waals surface area contributed by atoms with Crippen molar-refractivity contribution < 1.29 is 9.47 Å². The van der Waals surface area contributed by atoms with Crippen LogP contribution in [0.3, 0.4) is 0 Å². The molecule has 1 atom stereocenters. The highest BCUT2D eigenvalue weighted by atomic mass is 16.5. The molecule has 0 aromatic carbocycles. The maximum Gasteiger partial charge on any atom is 0.0809 e. The first-order valence-corrected chi connectivity index (χ1v) is 7.66. The van der Waals surface area contributed by atoms with Gasteiger partial charge in [0.2, 0.25) is 0 Å². The summed E-state index contributed by atoms with van der Waals surface area (Å²) in [5.41, 5.74) is 0.177. The predicted molar refractivity (Wildman–Crippen MR) is 73.8 cm³/mol. The Balaban J connectivity index is 1.62.